The van der Waals surface area contributed by atoms with E-state index in [4.69, 9.17) is 25.3 Å². The van der Waals surface area contributed by atoms with Crippen LogP contribution in [0.2, 0.25) is 5.02 Å². The minimum Gasteiger partial charge on any atom is -0.494 e. The molecule has 1 aliphatic rings. The van der Waals surface area contributed by atoms with Gasteiger partial charge in [0, 0.05) is 10.6 Å². The summed E-state index contributed by atoms with van der Waals surface area (Å²) in [5, 5.41) is 2.54. The predicted octanol–water partition coefficient (Wildman–Crippen LogP) is 5.30. The molecule has 0 radical (unpaired) electrons. The molecule has 1 saturated heterocycles. The van der Waals surface area contributed by atoms with Crippen LogP contribution < -0.4 is 23.9 Å². The number of ether oxygens (including phenoxy) is 2. The second kappa shape index (κ2) is 12.9. The van der Waals surface area contributed by atoms with E-state index in [1.807, 2.05) is 6.92 Å². The molecule has 1 aliphatic heterocycles. The summed E-state index contributed by atoms with van der Waals surface area (Å²) in [6, 6.07) is 13.8. The fourth-order valence-corrected chi connectivity index (χ4v) is 5.21. The number of carbonyl (C=O) groups is 3. The first-order valence-electron chi connectivity index (χ1n) is 12.8. The Bertz CT molecular complexity index is 1670. The SMILES string of the molecule is C=CCc1cc(/C=C2\C(=O)NC(=O)N(c3ccc(OCC)cc3)C2=O)cc(OCC)c1OS(=O)(=O)c1ccc(Cl)cc1. The number of anilines is 1. The maximum absolute atomic E-state index is 13.4. The van der Waals surface area contributed by atoms with Crippen LogP contribution in [0, 0.1) is 0 Å². The highest BCUT2D eigenvalue weighted by molar-refractivity contribution is 7.87. The summed E-state index contributed by atoms with van der Waals surface area (Å²) >= 11 is 5.89. The van der Waals surface area contributed by atoms with Crippen molar-refractivity contribution in [2.75, 3.05) is 18.1 Å². The van der Waals surface area contributed by atoms with Gasteiger partial charge in [0.15, 0.2) is 11.5 Å². The van der Waals surface area contributed by atoms with Crippen LogP contribution in [0.5, 0.6) is 17.2 Å². The second-order valence-electron chi connectivity index (χ2n) is 8.81. The Hall–Kier alpha value is -4.61. The lowest BCUT2D eigenvalue weighted by atomic mass is 10.0. The molecule has 0 spiro atoms. The highest BCUT2D eigenvalue weighted by atomic mass is 35.5. The highest BCUT2D eigenvalue weighted by Crippen LogP contribution is 2.37. The van der Waals surface area contributed by atoms with Crippen LogP contribution in [-0.4, -0.2) is 39.5 Å². The largest absolute Gasteiger partial charge is 0.494 e. The lowest BCUT2D eigenvalue weighted by Gasteiger charge is -2.26. The standard InChI is InChI=1S/C30H27ClN2O8S/c1-4-7-20-16-19(18-26(40-6-3)27(20)41-42(37,38)24-14-8-21(31)9-15-24)17-25-28(34)32-30(36)33(29(25)35)22-10-12-23(13-11-22)39-5-2/h4,8-18H,1,5-7H2,2-3H3,(H,32,34,36)/b25-17+. The van der Waals surface area contributed by atoms with Crippen LogP contribution >= 0.6 is 11.6 Å². The molecule has 0 unspecified atom stereocenters. The van der Waals surface area contributed by atoms with Gasteiger partial charge in [0.05, 0.1) is 18.9 Å². The van der Waals surface area contributed by atoms with E-state index in [9.17, 15) is 22.8 Å². The van der Waals surface area contributed by atoms with Crippen LogP contribution in [0.15, 0.2) is 83.8 Å². The number of nitrogens with zero attached hydrogens (tertiary/aromatic N) is 1. The number of halogens is 1. The average molecular weight is 611 g/mol. The van der Waals surface area contributed by atoms with Gasteiger partial charge in [-0.2, -0.15) is 8.42 Å². The van der Waals surface area contributed by atoms with Crippen molar-refractivity contribution in [2.24, 2.45) is 0 Å². The van der Waals surface area contributed by atoms with Crippen molar-refractivity contribution in [2.45, 2.75) is 25.2 Å². The molecular weight excluding hydrogens is 584 g/mol. The van der Waals surface area contributed by atoms with E-state index in [0.29, 0.717) is 28.5 Å². The molecule has 3 aromatic carbocycles. The number of amides is 4. The maximum Gasteiger partial charge on any atom is 0.339 e. The van der Waals surface area contributed by atoms with Gasteiger partial charge in [-0.25, -0.2) is 9.69 Å². The normalized spacial score (nSPS) is 14.5. The first-order chi connectivity index (χ1) is 20.1. The zero-order chi connectivity index (χ0) is 30.4. The maximum atomic E-state index is 13.4. The van der Waals surface area contributed by atoms with Gasteiger partial charge in [0.2, 0.25) is 0 Å². The number of urea groups is 1. The average Bonchev–Trinajstić information content (AvgIpc) is 2.94. The molecule has 0 aliphatic carbocycles. The second-order valence-corrected chi connectivity index (χ2v) is 10.8. The van der Waals surface area contributed by atoms with Gasteiger partial charge in [0.25, 0.3) is 11.8 Å². The van der Waals surface area contributed by atoms with E-state index in [1.165, 1.54) is 54.6 Å². The highest BCUT2D eigenvalue weighted by Gasteiger charge is 2.37. The molecule has 42 heavy (non-hydrogen) atoms. The summed E-state index contributed by atoms with van der Waals surface area (Å²) in [6.07, 6.45) is 2.99. The van der Waals surface area contributed by atoms with Crippen molar-refractivity contribution in [3.8, 4) is 17.2 Å². The number of allylic oxidation sites excluding steroid dienone is 1. The molecule has 0 bridgehead atoms. The summed E-state index contributed by atoms with van der Waals surface area (Å²) in [7, 11) is -4.28. The predicted molar refractivity (Wildman–Crippen MR) is 157 cm³/mol. The van der Waals surface area contributed by atoms with E-state index in [2.05, 4.69) is 11.9 Å². The van der Waals surface area contributed by atoms with Crippen molar-refractivity contribution in [1.29, 1.82) is 0 Å². The summed E-state index contributed by atoms with van der Waals surface area (Å²) in [5.41, 5.74) is 0.602. The smallest absolute Gasteiger partial charge is 0.339 e. The number of benzene rings is 3. The Morgan fingerprint density at radius 1 is 0.952 bits per heavy atom. The molecule has 3 aromatic rings. The molecule has 4 rings (SSSR count). The van der Waals surface area contributed by atoms with Gasteiger partial charge < -0.3 is 13.7 Å². The van der Waals surface area contributed by atoms with E-state index in [1.54, 1.807) is 25.1 Å². The van der Waals surface area contributed by atoms with Crippen molar-refractivity contribution in [1.82, 2.24) is 5.32 Å². The van der Waals surface area contributed by atoms with Crippen LogP contribution in [0.4, 0.5) is 10.5 Å². The molecule has 1 N–H and O–H groups in total. The Kier molecular flexibility index (Phi) is 9.34. The third kappa shape index (κ3) is 6.64. The minimum absolute atomic E-state index is 0.0596. The lowest BCUT2D eigenvalue weighted by Crippen LogP contribution is -2.54. The molecule has 218 valence electrons. The Morgan fingerprint density at radius 3 is 2.24 bits per heavy atom. The number of rotatable bonds is 11. The first kappa shape index (κ1) is 30.4. The van der Waals surface area contributed by atoms with Crippen LogP contribution in [-0.2, 0) is 26.1 Å². The quantitative estimate of drug-likeness (QED) is 0.134. The fraction of sp³-hybridized carbons (Fsp3) is 0.167. The zero-order valence-electron chi connectivity index (χ0n) is 22.8. The molecule has 12 heteroatoms. The van der Waals surface area contributed by atoms with Crippen molar-refractivity contribution in [3.63, 3.8) is 0 Å². The Morgan fingerprint density at radius 2 is 1.62 bits per heavy atom. The number of hydrogen-bond acceptors (Lipinski definition) is 8. The van der Waals surface area contributed by atoms with Gasteiger partial charge in [-0.15, -0.1) is 6.58 Å². The molecular formula is C30H27ClN2O8S. The number of imide groups is 2. The summed E-state index contributed by atoms with van der Waals surface area (Å²) < 4.78 is 42.8. The summed E-state index contributed by atoms with van der Waals surface area (Å²) in [4.78, 5) is 39.5. The minimum atomic E-state index is -4.28. The van der Waals surface area contributed by atoms with E-state index in [0.717, 1.165) is 4.90 Å². The molecule has 0 aromatic heterocycles. The van der Waals surface area contributed by atoms with Crippen LogP contribution in [0.3, 0.4) is 0 Å². The van der Waals surface area contributed by atoms with Gasteiger partial charge >= 0.3 is 16.1 Å². The van der Waals surface area contributed by atoms with Crippen molar-refractivity contribution in [3.05, 3.63) is 95.0 Å². The topological polar surface area (TPSA) is 128 Å². The number of nitrogens with one attached hydrogen (secondary N) is 1. The monoisotopic (exact) mass is 610 g/mol. The van der Waals surface area contributed by atoms with E-state index in [-0.39, 0.29) is 40.7 Å². The van der Waals surface area contributed by atoms with Gasteiger partial charge in [-0.1, -0.05) is 17.7 Å². The molecule has 0 saturated carbocycles. The van der Waals surface area contributed by atoms with Gasteiger partial charge in [-0.05, 0) is 92.6 Å². The molecule has 4 amide bonds. The number of barbiturate groups is 1. The third-order valence-corrected chi connectivity index (χ3v) is 7.42. The lowest BCUT2D eigenvalue weighted by molar-refractivity contribution is -0.122. The van der Waals surface area contributed by atoms with Crippen LogP contribution in [0.25, 0.3) is 6.08 Å². The van der Waals surface area contributed by atoms with E-state index < -0.39 is 28.0 Å². The fourth-order valence-electron chi connectivity index (χ4n) is 4.11. The van der Waals surface area contributed by atoms with E-state index >= 15 is 0 Å². The first-order valence-corrected chi connectivity index (χ1v) is 14.6. The van der Waals surface area contributed by atoms with Crippen molar-refractivity contribution >= 4 is 51.3 Å². The Balaban J connectivity index is 1.75. The molecule has 1 heterocycles. The molecule has 1 fully saturated rings. The van der Waals surface area contributed by atoms with Gasteiger partial charge in [0.1, 0.15) is 16.2 Å². The number of hydrogen-bond donors (Lipinski definition) is 1. The summed E-state index contributed by atoms with van der Waals surface area (Å²) in [6.45, 7) is 7.86. The van der Waals surface area contributed by atoms with Gasteiger partial charge in [-0.3, -0.25) is 14.9 Å². The summed E-state index contributed by atoms with van der Waals surface area (Å²) in [5.74, 6) is -1.19. The Labute approximate surface area is 248 Å². The van der Waals surface area contributed by atoms with Crippen molar-refractivity contribution < 1.29 is 36.5 Å². The molecule has 10 nitrogen and oxygen atoms in total. The molecule has 0 atom stereocenters. The van der Waals surface area contributed by atoms with Crippen LogP contribution in [0.1, 0.15) is 25.0 Å². The third-order valence-electron chi connectivity index (χ3n) is 5.93. The number of carbonyl (C=O) groups excluding carboxylic acids is 3. The zero-order valence-corrected chi connectivity index (χ0v) is 24.3.